The van der Waals surface area contributed by atoms with Crippen LogP contribution in [-0.2, 0) is 21.2 Å². The maximum Gasteiger partial charge on any atom is 0.266 e. The Bertz CT molecular complexity index is 1250. The molecule has 0 bridgehead atoms. The van der Waals surface area contributed by atoms with Crippen molar-refractivity contribution in [1.29, 1.82) is 0 Å². The second kappa shape index (κ2) is 8.65. The first kappa shape index (κ1) is 21.9. The van der Waals surface area contributed by atoms with Gasteiger partial charge >= 0.3 is 0 Å². The van der Waals surface area contributed by atoms with Gasteiger partial charge in [0, 0.05) is 24.5 Å². The van der Waals surface area contributed by atoms with E-state index in [1.54, 1.807) is 37.5 Å². The van der Waals surface area contributed by atoms with Gasteiger partial charge in [0.1, 0.15) is 23.4 Å². The summed E-state index contributed by atoms with van der Waals surface area (Å²) in [5.41, 5.74) is 2.73. The van der Waals surface area contributed by atoms with Gasteiger partial charge in [0.25, 0.3) is 5.91 Å². The zero-order valence-corrected chi connectivity index (χ0v) is 17.8. The van der Waals surface area contributed by atoms with Gasteiger partial charge in [-0.15, -0.1) is 0 Å². The molecule has 0 saturated heterocycles. The van der Waals surface area contributed by atoms with E-state index in [9.17, 15) is 22.8 Å². The molecule has 1 amide bonds. The third-order valence-corrected chi connectivity index (χ3v) is 7.23. The molecule has 1 unspecified atom stereocenters. The van der Waals surface area contributed by atoms with Crippen LogP contribution < -0.4 is 10.2 Å². The molecular formula is C22H20FN3O5S. The molecule has 8 nitrogen and oxygen atoms in total. The molecule has 10 heteroatoms. The van der Waals surface area contributed by atoms with E-state index in [1.807, 2.05) is 0 Å². The van der Waals surface area contributed by atoms with E-state index in [-0.39, 0.29) is 23.4 Å². The number of carbonyl (C=O) groups is 1. The van der Waals surface area contributed by atoms with Gasteiger partial charge in [-0.1, -0.05) is 6.07 Å². The van der Waals surface area contributed by atoms with Gasteiger partial charge < -0.3 is 4.74 Å². The van der Waals surface area contributed by atoms with Gasteiger partial charge in [0.2, 0.25) is 10.0 Å². The number of nitrogens with zero attached hydrogens (tertiary/aromatic N) is 2. The number of rotatable bonds is 5. The number of nitrogens with one attached hydrogen (secondary N) is 1. The predicted octanol–water partition coefficient (Wildman–Crippen LogP) is 3.11. The van der Waals surface area contributed by atoms with Gasteiger partial charge in [-0.3, -0.25) is 15.0 Å². The number of aryl methyl sites for hydroxylation is 1. The summed E-state index contributed by atoms with van der Waals surface area (Å²) in [5, 5.41) is 9.24. The van der Waals surface area contributed by atoms with E-state index in [0.717, 1.165) is 9.87 Å². The number of aromatic nitrogens is 1. The number of hydroxylamine groups is 1. The van der Waals surface area contributed by atoms with Gasteiger partial charge in [0.15, 0.2) is 0 Å². The average Bonchev–Trinajstić information content (AvgIpc) is 2.81. The largest absolute Gasteiger partial charge is 0.457 e. The lowest BCUT2D eigenvalue weighted by Crippen LogP contribution is -2.47. The van der Waals surface area contributed by atoms with Crippen LogP contribution in [-0.4, -0.2) is 35.4 Å². The molecular weight excluding hydrogens is 437 g/mol. The highest BCUT2D eigenvalue weighted by atomic mass is 32.2. The highest BCUT2D eigenvalue weighted by molar-refractivity contribution is 7.89. The summed E-state index contributed by atoms with van der Waals surface area (Å²) in [5.74, 6) is -0.795. The fourth-order valence-electron chi connectivity index (χ4n) is 3.81. The first-order valence-electron chi connectivity index (χ1n) is 9.74. The molecule has 2 aromatic carbocycles. The van der Waals surface area contributed by atoms with Crippen LogP contribution >= 0.6 is 0 Å². The van der Waals surface area contributed by atoms with E-state index in [1.165, 1.54) is 35.8 Å². The number of halogens is 1. The van der Waals surface area contributed by atoms with E-state index in [4.69, 9.17) is 4.74 Å². The lowest BCUT2D eigenvalue weighted by Gasteiger charge is -2.35. The van der Waals surface area contributed by atoms with Gasteiger partial charge in [-0.05, 0) is 66.9 Å². The SMILES string of the molecule is Cc1ccc(F)c2c1CCN(S(=O)(=O)c1ccc(Oc3ccncc3)cc1)C2C(=O)NO. The standard InChI is InChI=1S/C22H20FN3O5S/c1-14-2-7-19(23)20-18(14)10-13-26(21(20)22(27)25-28)32(29,30)17-5-3-15(4-6-17)31-16-8-11-24-12-9-16/h2-9,11-12,21,28H,10,13H2,1H3,(H,25,27). The van der Waals surface area contributed by atoms with Crippen molar-refractivity contribution in [3.63, 3.8) is 0 Å². The molecule has 32 heavy (non-hydrogen) atoms. The minimum atomic E-state index is -4.20. The van der Waals surface area contributed by atoms with Crippen molar-refractivity contribution in [2.24, 2.45) is 0 Å². The van der Waals surface area contributed by atoms with E-state index in [2.05, 4.69) is 4.98 Å². The smallest absolute Gasteiger partial charge is 0.266 e. The molecule has 2 N–H and O–H groups in total. The summed E-state index contributed by atoms with van der Waals surface area (Å²) in [6.07, 6.45) is 3.36. The van der Waals surface area contributed by atoms with Crippen molar-refractivity contribution >= 4 is 15.9 Å². The monoisotopic (exact) mass is 457 g/mol. The molecule has 1 aliphatic rings. The molecule has 1 aromatic heterocycles. The minimum Gasteiger partial charge on any atom is -0.457 e. The normalized spacial score (nSPS) is 16.3. The third kappa shape index (κ3) is 3.95. The van der Waals surface area contributed by atoms with Crippen LogP contribution in [0, 0.1) is 12.7 Å². The number of benzene rings is 2. The van der Waals surface area contributed by atoms with Crippen LogP contribution in [0.3, 0.4) is 0 Å². The summed E-state index contributed by atoms with van der Waals surface area (Å²) >= 11 is 0. The van der Waals surface area contributed by atoms with E-state index in [0.29, 0.717) is 17.1 Å². The Morgan fingerprint density at radius 1 is 1.12 bits per heavy atom. The summed E-state index contributed by atoms with van der Waals surface area (Å²) in [4.78, 5) is 16.3. The highest BCUT2D eigenvalue weighted by Crippen LogP contribution is 2.37. The number of hydrogen-bond acceptors (Lipinski definition) is 6. The fraction of sp³-hybridized carbons (Fsp3) is 0.182. The van der Waals surface area contributed by atoms with Gasteiger partial charge in [-0.25, -0.2) is 18.3 Å². The topological polar surface area (TPSA) is 109 Å². The minimum absolute atomic E-state index is 0.0486. The van der Waals surface area contributed by atoms with Crippen molar-refractivity contribution in [1.82, 2.24) is 14.8 Å². The maximum atomic E-state index is 14.7. The van der Waals surface area contributed by atoms with Crippen molar-refractivity contribution in [3.8, 4) is 11.5 Å². The zero-order valence-electron chi connectivity index (χ0n) is 17.0. The molecule has 0 saturated carbocycles. The molecule has 0 aliphatic carbocycles. The maximum absolute atomic E-state index is 14.7. The highest BCUT2D eigenvalue weighted by Gasteiger charge is 2.42. The number of hydrogen-bond donors (Lipinski definition) is 2. The third-order valence-electron chi connectivity index (χ3n) is 5.36. The molecule has 0 spiro atoms. The van der Waals surface area contributed by atoms with Crippen molar-refractivity contribution < 1.29 is 27.5 Å². The summed E-state index contributed by atoms with van der Waals surface area (Å²) in [6, 6.07) is 10.2. The van der Waals surface area contributed by atoms with Crippen LogP contribution in [0.2, 0.25) is 0 Å². The molecule has 2 heterocycles. The Balaban J connectivity index is 1.69. The van der Waals surface area contributed by atoms with Gasteiger partial charge in [0.05, 0.1) is 4.90 Å². The Morgan fingerprint density at radius 2 is 1.78 bits per heavy atom. The number of amides is 1. The molecule has 1 aliphatic heterocycles. The zero-order chi connectivity index (χ0) is 22.9. The van der Waals surface area contributed by atoms with Crippen LogP contribution in [0.4, 0.5) is 4.39 Å². The quantitative estimate of drug-likeness (QED) is 0.450. The number of fused-ring (bicyclic) bond motifs is 1. The summed E-state index contributed by atoms with van der Waals surface area (Å²) in [7, 11) is -4.20. The first-order chi connectivity index (χ1) is 15.3. The molecule has 0 fully saturated rings. The number of carbonyl (C=O) groups excluding carboxylic acids is 1. The van der Waals surface area contributed by atoms with Crippen molar-refractivity contribution in [2.45, 2.75) is 24.3 Å². The average molecular weight is 457 g/mol. The van der Waals surface area contributed by atoms with E-state index < -0.39 is 27.8 Å². The first-order valence-corrected chi connectivity index (χ1v) is 11.2. The summed E-state index contributed by atoms with van der Waals surface area (Å²) in [6.45, 7) is 1.71. The molecule has 0 radical (unpaired) electrons. The number of pyridine rings is 1. The lowest BCUT2D eigenvalue weighted by atomic mass is 9.90. The van der Waals surface area contributed by atoms with Crippen LogP contribution in [0.5, 0.6) is 11.5 Å². The van der Waals surface area contributed by atoms with Crippen molar-refractivity contribution in [3.05, 3.63) is 83.4 Å². The van der Waals surface area contributed by atoms with E-state index >= 15 is 0 Å². The second-order valence-corrected chi connectivity index (χ2v) is 9.15. The molecule has 166 valence electrons. The molecule has 4 rings (SSSR count). The number of sulfonamides is 1. The fourth-order valence-corrected chi connectivity index (χ4v) is 5.37. The Hall–Kier alpha value is -3.34. The van der Waals surface area contributed by atoms with Gasteiger partial charge in [-0.2, -0.15) is 4.31 Å². The van der Waals surface area contributed by atoms with Crippen molar-refractivity contribution in [2.75, 3.05) is 6.54 Å². The van der Waals surface area contributed by atoms with Crippen LogP contribution in [0.15, 0.2) is 65.8 Å². The number of ether oxygens (including phenoxy) is 1. The second-order valence-electron chi connectivity index (χ2n) is 7.26. The Kier molecular flexibility index (Phi) is 5.92. The lowest BCUT2D eigenvalue weighted by molar-refractivity contribution is -0.133. The Morgan fingerprint density at radius 3 is 2.44 bits per heavy atom. The summed E-state index contributed by atoms with van der Waals surface area (Å²) < 4.78 is 48.0. The predicted molar refractivity (Wildman–Crippen MR) is 112 cm³/mol. The molecule has 1 atom stereocenters. The van der Waals surface area contributed by atoms with Crippen LogP contribution in [0.25, 0.3) is 0 Å². The van der Waals surface area contributed by atoms with Crippen LogP contribution in [0.1, 0.15) is 22.7 Å². The Labute approximate surface area is 184 Å². The molecule has 3 aromatic rings.